The van der Waals surface area contributed by atoms with Gasteiger partial charge in [0, 0.05) is 5.56 Å². The molecule has 0 spiro atoms. The van der Waals surface area contributed by atoms with Crippen molar-refractivity contribution in [2.45, 2.75) is 12.8 Å². The van der Waals surface area contributed by atoms with Gasteiger partial charge in [-0.15, -0.1) is 11.6 Å². The Hall–Kier alpha value is -1.18. The summed E-state index contributed by atoms with van der Waals surface area (Å²) >= 11 is 12.0. The zero-order chi connectivity index (χ0) is 12.3. The van der Waals surface area contributed by atoms with Crippen molar-refractivity contribution in [3.63, 3.8) is 0 Å². The van der Waals surface area contributed by atoms with Crippen molar-refractivity contribution >= 4 is 23.2 Å². The zero-order valence-electron chi connectivity index (χ0n) is 9.41. The van der Waals surface area contributed by atoms with E-state index in [0.717, 1.165) is 16.9 Å². The van der Waals surface area contributed by atoms with Crippen molar-refractivity contribution < 1.29 is 4.74 Å². The fourth-order valence-electron chi connectivity index (χ4n) is 1.55. The van der Waals surface area contributed by atoms with E-state index < -0.39 is 0 Å². The SMILES string of the molecule is Cc1ccccc1Oc1c(Cl)cccc1CCl. The molecule has 0 saturated carbocycles. The minimum atomic E-state index is 0.377. The summed E-state index contributed by atoms with van der Waals surface area (Å²) in [6, 6.07) is 13.4. The number of hydrogen-bond acceptors (Lipinski definition) is 1. The highest BCUT2D eigenvalue weighted by Crippen LogP contribution is 2.34. The predicted molar refractivity (Wildman–Crippen MR) is 72.3 cm³/mol. The van der Waals surface area contributed by atoms with Crippen molar-refractivity contribution in [1.82, 2.24) is 0 Å². The van der Waals surface area contributed by atoms with Crippen LogP contribution in [-0.2, 0) is 5.88 Å². The highest BCUT2D eigenvalue weighted by Gasteiger charge is 2.09. The van der Waals surface area contributed by atoms with Gasteiger partial charge in [-0.3, -0.25) is 0 Å². The molecule has 1 nitrogen and oxygen atoms in total. The molecule has 0 aliphatic carbocycles. The van der Waals surface area contributed by atoms with Crippen molar-refractivity contribution in [3.8, 4) is 11.5 Å². The minimum Gasteiger partial charge on any atom is -0.455 e. The van der Waals surface area contributed by atoms with Gasteiger partial charge >= 0.3 is 0 Å². The maximum absolute atomic E-state index is 6.13. The molecule has 2 rings (SSSR count). The average molecular weight is 267 g/mol. The summed E-state index contributed by atoms with van der Waals surface area (Å²) in [7, 11) is 0. The standard InChI is InChI=1S/C14H12Cl2O/c1-10-5-2-3-8-13(10)17-14-11(9-15)6-4-7-12(14)16/h2-8H,9H2,1H3. The third-order valence-corrected chi connectivity index (χ3v) is 3.08. The van der Waals surface area contributed by atoms with Gasteiger partial charge in [-0.2, -0.15) is 0 Å². The van der Waals surface area contributed by atoms with Gasteiger partial charge in [0.15, 0.2) is 0 Å². The van der Waals surface area contributed by atoms with Crippen LogP contribution in [0.25, 0.3) is 0 Å². The normalized spacial score (nSPS) is 10.3. The van der Waals surface area contributed by atoms with E-state index in [1.807, 2.05) is 43.3 Å². The number of alkyl halides is 1. The summed E-state index contributed by atoms with van der Waals surface area (Å²) < 4.78 is 5.85. The van der Waals surface area contributed by atoms with Gasteiger partial charge < -0.3 is 4.74 Å². The van der Waals surface area contributed by atoms with Gasteiger partial charge in [-0.1, -0.05) is 41.9 Å². The molecule has 0 aliphatic heterocycles. The first-order valence-corrected chi connectivity index (χ1v) is 6.20. The molecular formula is C14H12Cl2O. The first-order valence-electron chi connectivity index (χ1n) is 5.29. The van der Waals surface area contributed by atoms with Gasteiger partial charge in [0.25, 0.3) is 0 Å². The Balaban J connectivity index is 2.39. The van der Waals surface area contributed by atoms with E-state index in [1.165, 1.54) is 0 Å². The number of aryl methyl sites for hydroxylation is 1. The molecular weight excluding hydrogens is 255 g/mol. The van der Waals surface area contributed by atoms with E-state index in [4.69, 9.17) is 27.9 Å². The molecule has 0 bridgehead atoms. The Morgan fingerprint density at radius 3 is 2.53 bits per heavy atom. The summed E-state index contributed by atoms with van der Waals surface area (Å²) in [5.41, 5.74) is 1.95. The van der Waals surface area contributed by atoms with Gasteiger partial charge in [-0.05, 0) is 24.6 Å². The number of para-hydroxylation sites is 2. The molecule has 17 heavy (non-hydrogen) atoms. The van der Waals surface area contributed by atoms with Crippen LogP contribution < -0.4 is 4.74 Å². The number of ether oxygens (including phenoxy) is 1. The fraction of sp³-hybridized carbons (Fsp3) is 0.143. The van der Waals surface area contributed by atoms with Crippen molar-refractivity contribution in [2.24, 2.45) is 0 Å². The molecule has 0 aromatic heterocycles. The molecule has 88 valence electrons. The molecule has 3 heteroatoms. The van der Waals surface area contributed by atoms with Crippen LogP contribution in [0, 0.1) is 6.92 Å². The summed E-state index contributed by atoms with van der Waals surface area (Å²) in [4.78, 5) is 0. The second-order valence-corrected chi connectivity index (χ2v) is 4.40. The van der Waals surface area contributed by atoms with Crippen LogP contribution in [0.1, 0.15) is 11.1 Å². The topological polar surface area (TPSA) is 9.23 Å². The molecule has 0 fully saturated rings. The van der Waals surface area contributed by atoms with Crippen LogP contribution in [0.15, 0.2) is 42.5 Å². The van der Waals surface area contributed by atoms with Gasteiger partial charge in [0.1, 0.15) is 11.5 Å². The highest BCUT2D eigenvalue weighted by atomic mass is 35.5. The summed E-state index contributed by atoms with van der Waals surface area (Å²) in [6.45, 7) is 1.99. The van der Waals surface area contributed by atoms with E-state index in [9.17, 15) is 0 Å². The molecule has 0 radical (unpaired) electrons. The Morgan fingerprint density at radius 2 is 1.82 bits per heavy atom. The van der Waals surface area contributed by atoms with Crippen LogP contribution >= 0.6 is 23.2 Å². The maximum Gasteiger partial charge on any atom is 0.150 e. The molecule has 2 aromatic rings. The molecule has 0 saturated heterocycles. The Morgan fingerprint density at radius 1 is 1.06 bits per heavy atom. The maximum atomic E-state index is 6.13. The number of halogens is 2. The minimum absolute atomic E-state index is 0.377. The zero-order valence-corrected chi connectivity index (χ0v) is 10.9. The molecule has 0 atom stereocenters. The molecule has 0 unspecified atom stereocenters. The highest BCUT2D eigenvalue weighted by molar-refractivity contribution is 6.32. The molecule has 0 N–H and O–H groups in total. The van der Waals surface area contributed by atoms with Crippen molar-refractivity contribution in [2.75, 3.05) is 0 Å². The van der Waals surface area contributed by atoms with E-state index in [1.54, 1.807) is 6.07 Å². The Kier molecular flexibility index (Phi) is 3.93. The lowest BCUT2D eigenvalue weighted by molar-refractivity contribution is 0.475. The average Bonchev–Trinajstić information content (AvgIpc) is 2.34. The van der Waals surface area contributed by atoms with E-state index in [2.05, 4.69) is 0 Å². The van der Waals surface area contributed by atoms with Crippen LogP contribution in [0.3, 0.4) is 0 Å². The molecule has 2 aromatic carbocycles. The van der Waals surface area contributed by atoms with Crippen molar-refractivity contribution in [3.05, 3.63) is 58.6 Å². The predicted octanol–water partition coefficient (Wildman–Crippen LogP) is 5.18. The quantitative estimate of drug-likeness (QED) is 0.696. The van der Waals surface area contributed by atoms with Gasteiger partial charge in [-0.25, -0.2) is 0 Å². The van der Waals surface area contributed by atoms with E-state index in [-0.39, 0.29) is 0 Å². The monoisotopic (exact) mass is 266 g/mol. The van der Waals surface area contributed by atoms with Crippen LogP contribution in [0.5, 0.6) is 11.5 Å². The van der Waals surface area contributed by atoms with Gasteiger partial charge in [0.05, 0.1) is 10.9 Å². The summed E-state index contributed by atoms with van der Waals surface area (Å²) in [6.07, 6.45) is 0. The van der Waals surface area contributed by atoms with E-state index >= 15 is 0 Å². The summed E-state index contributed by atoms with van der Waals surface area (Å²) in [5.74, 6) is 1.81. The molecule has 0 amide bonds. The van der Waals surface area contributed by atoms with Crippen molar-refractivity contribution in [1.29, 1.82) is 0 Å². The Bertz CT molecular complexity index is 523. The second-order valence-electron chi connectivity index (χ2n) is 3.73. The fourth-order valence-corrected chi connectivity index (χ4v) is 2.00. The largest absolute Gasteiger partial charge is 0.455 e. The van der Waals surface area contributed by atoms with Crippen LogP contribution in [-0.4, -0.2) is 0 Å². The first-order chi connectivity index (χ1) is 8.22. The Labute approximate surface area is 111 Å². The van der Waals surface area contributed by atoms with E-state index in [0.29, 0.717) is 16.7 Å². The van der Waals surface area contributed by atoms with Crippen LogP contribution in [0.4, 0.5) is 0 Å². The summed E-state index contributed by atoms with van der Waals surface area (Å²) in [5, 5.41) is 0.575. The molecule has 0 heterocycles. The lowest BCUT2D eigenvalue weighted by Crippen LogP contribution is -1.92. The lowest BCUT2D eigenvalue weighted by Gasteiger charge is -2.12. The number of hydrogen-bond donors (Lipinski definition) is 0. The lowest BCUT2D eigenvalue weighted by atomic mass is 10.2. The second kappa shape index (κ2) is 5.44. The first kappa shape index (κ1) is 12.3. The van der Waals surface area contributed by atoms with Gasteiger partial charge in [0.2, 0.25) is 0 Å². The smallest absolute Gasteiger partial charge is 0.150 e. The van der Waals surface area contributed by atoms with Crippen LogP contribution in [0.2, 0.25) is 5.02 Å². The number of benzene rings is 2. The third kappa shape index (κ3) is 2.74. The molecule has 0 aliphatic rings. The third-order valence-electron chi connectivity index (χ3n) is 2.50. The number of rotatable bonds is 3.